The number of thiazole rings is 1. The summed E-state index contributed by atoms with van der Waals surface area (Å²) in [5, 5.41) is 19.4. The van der Waals surface area contributed by atoms with Crippen LogP contribution in [-0.4, -0.2) is 75.2 Å². The number of alkyl halides is 7. The number of nitrogens with one attached hydrogen (secondary N) is 1. The van der Waals surface area contributed by atoms with E-state index in [1.165, 1.54) is 20.8 Å². The highest BCUT2D eigenvalue weighted by Gasteiger charge is 2.72. The molecule has 1 fully saturated rings. The maximum Gasteiger partial charge on any atom is 0.430 e. The van der Waals surface area contributed by atoms with Crippen molar-refractivity contribution in [2.24, 2.45) is 0 Å². The lowest BCUT2D eigenvalue weighted by molar-refractivity contribution is -0.376. The molecule has 0 aliphatic carbocycles. The van der Waals surface area contributed by atoms with Crippen LogP contribution in [0.5, 0.6) is 0 Å². The Balaban J connectivity index is 2.18. The Bertz CT molecular complexity index is 1310. The molecule has 0 bridgehead atoms. The zero-order valence-electron chi connectivity index (χ0n) is 20.9. The fourth-order valence-corrected chi connectivity index (χ4v) is 5.46. The van der Waals surface area contributed by atoms with E-state index in [2.05, 4.69) is 10.3 Å². The van der Waals surface area contributed by atoms with Crippen LogP contribution in [0.25, 0.3) is 10.4 Å². The third kappa shape index (κ3) is 6.17. The number of benzene rings is 1. The van der Waals surface area contributed by atoms with Crippen LogP contribution in [0.3, 0.4) is 0 Å². The molecule has 3 rings (SSSR count). The molecule has 222 valence electrons. The molecule has 7 nitrogen and oxygen atoms in total. The minimum atomic E-state index is -6.24. The molecule has 2 aromatic rings. The second-order valence-electron chi connectivity index (χ2n) is 10.1. The van der Waals surface area contributed by atoms with Gasteiger partial charge in [0.05, 0.1) is 27.1 Å². The van der Waals surface area contributed by atoms with E-state index in [-0.39, 0.29) is 47.6 Å². The van der Waals surface area contributed by atoms with Crippen LogP contribution in [0.15, 0.2) is 12.1 Å². The molecular formula is C23H22Cl2F7N3O4S. The topological polar surface area (TPSA) is 103 Å². The van der Waals surface area contributed by atoms with Crippen molar-refractivity contribution in [3.63, 3.8) is 0 Å². The van der Waals surface area contributed by atoms with Gasteiger partial charge in [0.1, 0.15) is 11.4 Å². The summed E-state index contributed by atoms with van der Waals surface area (Å²) in [5.74, 6) is -1.75. The van der Waals surface area contributed by atoms with Gasteiger partial charge in [-0.1, -0.05) is 35.3 Å². The first-order valence-corrected chi connectivity index (χ1v) is 12.9. The lowest BCUT2D eigenvalue weighted by Gasteiger charge is -2.33. The fraction of sp³-hybridized carbons (Fsp3) is 0.522. The standard InChI is InChI=1S/C23H22Cl2F7N3O4S/c1-19(2,38)8-33-16(36)17-34-14(18(37)35-7-6-20(3,26)9-35)15(40-17)10-4-5-11(13(25)12(10)24)21(39,22(27,28)29)23(30,31)32/h4-5,38-39H,6-9H2,1-3H3,(H,33,36). The number of amides is 2. The summed E-state index contributed by atoms with van der Waals surface area (Å²) >= 11 is 12.5. The van der Waals surface area contributed by atoms with E-state index < -0.39 is 62.3 Å². The number of carbonyl (C=O) groups excluding carboxylic acids is 2. The number of aromatic nitrogens is 1. The van der Waals surface area contributed by atoms with Crippen molar-refractivity contribution in [1.29, 1.82) is 0 Å². The van der Waals surface area contributed by atoms with Crippen molar-refractivity contribution in [2.45, 2.75) is 56.4 Å². The second kappa shape index (κ2) is 10.6. The minimum Gasteiger partial charge on any atom is -0.389 e. The van der Waals surface area contributed by atoms with Crippen molar-refractivity contribution < 1.29 is 50.5 Å². The third-order valence-electron chi connectivity index (χ3n) is 5.95. The summed E-state index contributed by atoms with van der Waals surface area (Å²) in [4.78, 5) is 30.8. The molecule has 0 spiro atoms. The lowest BCUT2D eigenvalue weighted by atomic mass is 9.91. The predicted octanol–water partition coefficient (Wildman–Crippen LogP) is 5.50. The van der Waals surface area contributed by atoms with E-state index in [1.54, 1.807) is 0 Å². The van der Waals surface area contributed by atoms with Crippen molar-refractivity contribution >= 4 is 46.4 Å². The molecule has 40 heavy (non-hydrogen) atoms. The summed E-state index contributed by atoms with van der Waals surface area (Å²) < 4.78 is 95.1. The molecule has 0 saturated carbocycles. The minimum absolute atomic E-state index is 0.0219. The van der Waals surface area contributed by atoms with E-state index in [1.807, 2.05) is 0 Å². The van der Waals surface area contributed by atoms with E-state index >= 15 is 0 Å². The van der Waals surface area contributed by atoms with Gasteiger partial charge in [0.2, 0.25) is 0 Å². The van der Waals surface area contributed by atoms with Gasteiger partial charge in [-0.2, -0.15) is 26.3 Å². The smallest absolute Gasteiger partial charge is 0.389 e. The van der Waals surface area contributed by atoms with Crippen LogP contribution < -0.4 is 5.32 Å². The maximum atomic E-state index is 14.4. The molecule has 2 amide bonds. The van der Waals surface area contributed by atoms with E-state index in [0.29, 0.717) is 17.4 Å². The van der Waals surface area contributed by atoms with Crippen LogP contribution in [0.2, 0.25) is 10.0 Å². The number of hydrogen-bond donors (Lipinski definition) is 3. The fourth-order valence-electron chi connectivity index (χ4n) is 3.83. The first-order chi connectivity index (χ1) is 18.0. The summed E-state index contributed by atoms with van der Waals surface area (Å²) in [7, 11) is 0. The number of nitrogens with zero attached hydrogens (tertiary/aromatic N) is 2. The Morgan fingerprint density at radius 1 is 1.10 bits per heavy atom. The van der Waals surface area contributed by atoms with Gasteiger partial charge in [0.15, 0.2) is 5.01 Å². The zero-order valence-corrected chi connectivity index (χ0v) is 23.2. The summed E-state index contributed by atoms with van der Waals surface area (Å²) in [6, 6.07) is 0.916. The molecule has 2 heterocycles. The average Bonchev–Trinajstić information content (AvgIpc) is 3.40. The van der Waals surface area contributed by atoms with Crippen molar-refractivity contribution in [1.82, 2.24) is 15.2 Å². The molecule has 1 aromatic carbocycles. The largest absolute Gasteiger partial charge is 0.430 e. The number of carbonyl (C=O) groups is 2. The normalized spacial score (nSPS) is 18.8. The summed E-state index contributed by atoms with van der Waals surface area (Å²) in [5.41, 5.74) is -11.1. The summed E-state index contributed by atoms with van der Waals surface area (Å²) in [6.07, 6.45) is -12.5. The monoisotopic (exact) mass is 639 g/mol. The Morgan fingerprint density at radius 3 is 2.15 bits per heavy atom. The van der Waals surface area contributed by atoms with Crippen LogP contribution in [0.4, 0.5) is 30.7 Å². The zero-order chi connectivity index (χ0) is 30.6. The Hall–Kier alpha value is -2.20. The molecule has 1 aromatic heterocycles. The van der Waals surface area contributed by atoms with Gasteiger partial charge in [-0.3, -0.25) is 9.59 Å². The highest BCUT2D eigenvalue weighted by atomic mass is 35.5. The molecule has 1 aliphatic rings. The number of likely N-dealkylation sites (tertiary alicyclic amines) is 1. The molecule has 3 N–H and O–H groups in total. The molecule has 1 aliphatic heterocycles. The molecule has 0 radical (unpaired) electrons. The first-order valence-electron chi connectivity index (χ1n) is 11.3. The van der Waals surface area contributed by atoms with Gasteiger partial charge in [-0.15, -0.1) is 11.3 Å². The van der Waals surface area contributed by atoms with Crippen LogP contribution in [-0.2, 0) is 5.60 Å². The Labute approximate surface area is 236 Å². The van der Waals surface area contributed by atoms with E-state index in [4.69, 9.17) is 23.2 Å². The first kappa shape index (κ1) is 32.3. The van der Waals surface area contributed by atoms with Crippen molar-refractivity contribution in [3.8, 4) is 10.4 Å². The van der Waals surface area contributed by atoms with Gasteiger partial charge < -0.3 is 20.4 Å². The van der Waals surface area contributed by atoms with Crippen LogP contribution in [0, 0.1) is 0 Å². The van der Waals surface area contributed by atoms with Gasteiger partial charge >= 0.3 is 12.4 Å². The highest BCUT2D eigenvalue weighted by molar-refractivity contribution is 7.17. The molecule has 1 atom stereocenters. The average molecular weight is 640 g/mol. The van der Waals surface area contributed by atoms with E-state index in [0.717, 1.165) is 4.90 Å². The lowest BCUT2D eigenvalue weighted by Crippen LogP contribution is -2.54. The molecular weight excluding hydrogens is 618 g/mol. The predicted molar refractivity (Wildman–Crippen MR) is 132 cm³/mol. The molecule has 17 heteroatoms. The Kier molecular flexibility index (Phi) is 8.54. The van der Waals surface area contributed by atoms with E-state index in [9.17, 15) is 50.5 Å². The number of halogens is 9. The van der Waals surface area contributed by atoms with Gasteiger partial charge in [-0.05, 0) is 20.8 Å². The SMILES string of the molecule is CC(C)(O)CNC(=O)c1nc(C(=O)N2CCC(C)(F)C2)c(-c2ccc(C(O)(C(F)(F)F)C(F)(F)F)c(Cl)c2Cl)s1. The number of rotatable bonds is 6. The number of aliphatic hydroxyl groups is 2. The highest BCUT2D eigenvalue weighted by Crippen LogP contribution is 2.54. The van der Waals surface area contributed by atoms with Crippen molar-refractivity contribution in [3.05, 3.63) is 38.4 Å². The second-order valence-corrected chi connectivity index (χ2v) is 11.8. The number of hydrogen-bond acceptors (Lipinski definition) is 6. The molecule has 1 unspecified atom stereocenters. The van der Waals surface area contributed by atoms with Crippen LogP contribution in [0.1, 0.15) is 53.0 Å². The quantitative estimate of drug-likeness (QED) is 0.362. The van der Waals surface area contributed by atoms with Crippen molar-refractivity contribution in [2.75, 3.05) is 19.6 Å². The third-order valence-corrected chi connectivity index (χ3v) is 7.92. The van der Waals surface area contributed by atoms with Gasteiger partial charge in [0.25, 0.3) is 17.4 Å². The molecule has 1 saturated heterocycles. The maximum absolute atomic E-state index is 14.4. The van der Waals surface area contributed by atoms with Gasteiger partial charge in [0, 0.05) is 30.6 Å². The van der Waals surface area contributed by atoms with Crippen LogP contribution >= 0.6 is 34.5 Å². The summed E-state index contributed by atoms with van der Waals surface area (Å²) in [6.45, 7) is 3.41. The Morgan fingerprint density at radius 2 is 1.68 bits per heavy atom. The van der Waals surface area contributed by atoms with Gasteiger partial charge in [-0.25, -0.2) is 9.37 Å².